The van der Waals surface area contributed by atoms with E-state index in [1.54, 1.807) is 35.2 Å². The van der Waals surface area contributed by atoms with Gasteiger partial charge in [0.05, 0.1) is 19.1 Å². The molecule has 0 aromatic heterocycles. The molecule has 0 unspecified atom stereocenters. The van der Waals surface area contributed by atoms with Gasteiger partial charge in [-0.2, -0.15) is 0 Å². The summed E-state index contributed by atoms with van der Waals surface area (Å²) < 4.78 is 5.37. The molecule has 2 aliphatic rings. The first-order chi connectivity index (χ1) is 14.0. The number of aliphatic carboxylic acids is 1. The van der Waals surface area contributed by atoms with Gasteiger partial charge in [-0.15, -0.1) is 0 Å². The summed E-state index contributed by atoms with van der Waals surface area (Å²) in [5.41, 5.74) is 3.83. The van der Waals surface area contributed by atoms with E-state index >= 15 is 0 Å². The van der Waals surface area contributed by atoms with Gasteiger partial charge < -0.3 is 20.1 Å². The van der Waals surface area contributed by atoms with Crippen LogP contribution >= 0.6 is 0 Å². The number of piperidine rings is 1. The lowest BCUT2D eigenvalue weighted by Gasteiger charge is -2.30. The normalized spacial score (nSPS) is 16.3. The van der Waals surface area contributed by atoms with Gasteiger partial charge in [0.15, 0.2) is 0 Å². The van der Waals surface area contributed by atoms with Gasteiger partial charge in [0.1, 0.15) is 0 Å². The second kappa shape index (κ2) is 8.05. The summed E-state index contributed by atoms with van der Waals surface area (Å²) in [6.07, 6.45) is 0.946. The molecule has 2 N–H and O–H groups in total. The lowest BCUT2D eigenvalue weighted by molar-refractivity contribution is -0.143. The number of benzene rings is 2. The van der Waals surface area contributed by atoms with E-state index in [1.165, 1.54) is 0 Å². The Kier molecular flexibility index (Phi) is 5.31. The molecule has 1 saturated heterocycles. The summed E-state index contributed by atoms with van der Waals surface area (Å²) >= 11 is 0. The molecular weight excluding hydrogens is 372 g/mol. The second-order valence-electron chi connectivity index (χ2n) is 7.41. The van der Waals surface area contributed by atoms with Crippen LogP contribution in [0.5, 0.6) is 0 Å². The Morgan fingerprint density at radius 3 is 2.28 bits per heavy atom. The van der Waals surface area contributed by atoms with Crippen molar-refractivity contribution in [3.8, 4) is 0 Å². The Morgan fingerprint density at radius 1 is 0.931 bits per heavy atom. The number of carbonyl (C=O) groups excluding carboxylic acids is 2. The molecule has 0 spiro atoms. The third-order valence-corrected chi connectivity index (χ3v) is 5.50. The summed E-state index contributed by atoms with van der Waals surface area (Å²) in [6, 6.07) is 12.3. The van der Waals surface area contributed by atoms with E-state index in [0.29, 0.717) is 56.0 Å². The zero-order chi connectivity index (χ0) is 20.4. The van der Waals surface area contributed by atoms with Crippen LogP contribution in [0.1, 0.15) is 44.7 Å². The minimum absolute atomic E-state index is 0.120. The third kappa shape index (κ3) is 4.14. The molecule has 0 radical (unpaired) electrons. The summed E-state index contributed by atoms with van der Waals surface area (Å²) in [4.78, 5) is 37.8. The van der Waals surface area contributed by atoms with Crippen molar-refractivity contribution in [2.24, 2.45) is 5.92 Å². The van der Waals surface area contributed by atoms with Gasteiger partial charge in [0.25, 0.3) is 11.8 Å². The van der Waals surface area contributed by atoms with Crippen LogP contribution in [-0.2, 0) is 22.7 Å². The number of amides is 2. The number of rotatable bonds is 4. The molecule has 0 bridgehead atoms. The fraction of sp³-hybridized carbons (Fsp3) is 0.318. The Bertz CT molecular complexity index is 946. The maximum atomic E-state index is 12.6. The zero-order valence-electron chi connectivity index (χ0n) is 15.9. The first kappa shape index (κ1) is 19.1. The topological polar surface area (TPSA) is 95.9 Å². The van der Waals surface area contributed by atoms with Crippen molar-refractivity contribution in [1.82, 2.24) is 4.90 Å². The number of ether oxygens (including phenoxy) is 1. The number of carboxylic acid groups (broad SMARTS) is 1. The summed E-state index contributed by atoms with van der Waals surface area (Å²) in [7, 11) is 0. The number of likely N-dealkylation sites (tertiary alicyclic amines) is 1. The highest BCUT2D eigenvalue weighted by Gasteiger charge is 2.27. The van der Waals surface area contributed by atoms with E-state index in [4.69, 9.17) is 9.84 Å². The Hall–Kier alpha value is -3.19. The van der Waals surface area contributed by atoms with Crippen molar-refractivity contribution < 1.29 is 24.2 Å². The molecule has 0 saturated carbocycles. The van der Waals surface area contributed by atoms with Gasteiger partial charge >= 0.3 is 5.97 Å². The van der Waals surface area contributed by atoms with E-state index in [9.17, 15) is 14.4 Å². The highest BCUT2D eigenvalue weighted by atomic mass is 16.5. The fourth-order valence-corrected chi connectivity index (χ4v) is 3.72. The molecule has 2 heterocycles. The molecule has 2 aliphatic heterocycles. The van der Waals surface area contributed by atoms with Gasteiger partial charge in [-0.25, -0.2) is 0 Å². The molecular formula is C22H22N2O5. The van der Waals surface area contributed by atoms with E-state index in [2.05, 4.69) is 5.32 Å². The molecule has 7 nitrogen and oxygen atoms in total. The molecule has 4 rings (SSSR count). The van der Waals surface area contributed by atoms with Gasteiger partial charge in [-0.05, 0) is 60.4 Å². The van der Waals surface area contributed by atoms with Crippen molar-refractivity contribution in [2.45, 2.75) is 26.1 Å². The van der Waals surface area contributed by atoms with Crippen LogP contribution in [-0.4, -0.2) is 40.9 Å². The number of anilines is 1. The average molecular weight is 394 g/mol. The largest absolute Gasteiger partial charge is 0.481 e. The first-order valence-corrected chi connectivity index (χ1v) is 9.64. The number of hydrogen-bond donors (Lipinski definition) is 2. The lowest BCUT2D eigenvalue weighted by atomic mass is 9.96. The lowest BCUT2D eigenvalue weighted by Crippen LogP contribution is -2.40. The number of fused-ring (bicyclic) bond motifs is 1. The van der Waals surface area contributed by atoms with Crippen LogP contribution in [0.25, 0.3) is 0 Å². The predicted octanol–water partition coefficient (Wildman–Crippen LogP) is 2.91. The van der Waals surface area contributed by atoms with Crippen LogP contribution in [0.4, 0.5) is 5.69 Å². The quantitative estimate of drug-likeness (QED) is 0.831. The summed E-state index contributed by atoms with van der Waals surface area (Å²) in [6.45, 7) is 1.99. The standard InChI is InChI=1S/C22H22N2O5/c25-20(16-1-2-17-12-29-13-18(17)11-16)23-19-5-3-14(4-6-19)21(26)24-9-7-15(8-10-24)22(27)28/h1-6,11,15H,7-10,12-13H2,(H,23,25)(H,27,28). The third-order valence-electron chi connectivity index (χ3n) is 5.50. The van der Waals surface area contributed by atoms with E-state index in [0.717, 1.165) is 11.1 Å². The highest BCUT2D eigenvalue weighted by molar-refractivity contribution is 6.04. The van der Waals surface area contributed by atoms with Crippen LogP contribution in [0, 0.1) is 5.92 Å². The van der Waals surface area contributed by atoms with Crippen molar-refractivity contribution in [2.75, 3.05) is 18.4 Å². The summed E-state index contributed by atoms with van der Waals surface area (Å²) in [5, 5.41) is 11.9. The molecule has 2 aromatic carbocycles. The fourth-order valence-electron chi connectivity index (χ4n) is 3.72. The van der Waals surface area contributed by atoms with Crippen LogP contribution in [0.15, 0.2) is 42.5 Å². The average Bonchev–Trinajstić information content (AvgIpc) is 3.21. The Labute approximate surface area is 168 Å². The Morgan fingerprint density at radius 2 is 1.59 bits per heavy atom. The predicted molar refractivity (Wildman–Crippen MR) is 106 cm³/mol. The molecule has 7 heteroatoms. The maximum Gasteiger partial charge on any atom is 0.306 e. The number of nitrogens with one attached hydrogen (secondary N) is 1. The summed E-state index contributed by atoms with van der Waals surface area (Å²) in [5.74, 6) is -1.50. The van der Waals surface area contributed by atoms with Gasteiger partial charge in [0.2, 0.25) is 0 Å². The molecule has 0 atom stereocenters. The Balaban J connectivity index is 1.37. The SMILES string of the molecule is O=C(Nc1ccc(C(=O)N2CCC(C(=O)O)CC2)cc1)c1ccc2c(c1)COC2. The highest BCUT2D eigenvalue weighted by Crippen LogP contribution is 2.22. The van der Waals surface area contributed by atoms with Crippen molar-refractivity contribution in [3.63, 3.8) is 0 Å². The smallest absolute Gasteiger partial charge is 0.306 e. The van der Waals surface area contributed by atoms with Crippen molar-refractivity contribution >= 4 is 23.5 Å². The second-order valence-corrected chi connectivity index (χ2v) is 7.41. The molecule has 2 amide bonds. The monoisotopic (exact) mass is 394 g/mol. The minimum Gasteiger partial charge on any atom is -0.481 e. The van der Waals surface area contributed by atoms with Gasteiger partial charge in [-0.3, -0.25) is 14.4 Å². The van der Waals surface area contributed by atoms with Crippen molar-refractivity contribution in [3.05, 3.63) is 64.7 Å². The molecule has 150 valence electrons. The number of carbonyl (C=O) groups is 3. The number of carboxylic acids is 1. The first-order valence-electron chi connectivity index (χ1n) is 9.64. The van der Waals surface area contributed by atoms with Crippen molar-refractivity contribution in [1.29, 1.82) is 0 Å². The molecule has 2 aromatic rings. The van der Waals surface area contributed by atoms with Gasteiger partial charge in [0, 0.05) is 29.9 Å². The molecule has 0 aliphatic carbocycles. The molecule has 1 fully saturated rings. The van der Waals surface area contributed by atoms with Gasteiger partial charge in [-0.1, -0.05) is 6.07 Å². The maximum absolute atomic E-state index is 12.6. The van der Waals surface area contributed by atoms with E-state index in [1.807, 2.05) is 12.1 Å². The zero-order valence-corrected chi connectivity index (χ0v) is 15.9. The van der Waals surface area contributed by atoms with Crippen LogP contribution < -0.4 is 5.32 Å². The molecule has 29 heavy (non-hydrogen) atoms. The number of nitrogens with zero attached hydrogens (tertiary/aromatic N) is 1. The van der Waals surface area contributed by atoms with Crippen LogP contribution in [0.2, 0.25) is 0 Å². The van der Waals surface area contributed by atoms with Crippen LogP contribution in [0.3, 0.4) is 0 Å². The number of hydrogen-bond acceptors (Lipinski definition) is 4. The minimum atomic E-state index is -0.798. The van der Waals surface area contributed by atoms with E-state index in [-0.39, 0.29) is 17.7 Å². The van der Waals surface area contributed by atoms with E-state index < -0.39 is 5.97 Å².